The largest absolute Gasteiger partial charge is 0.322 e. The van der Waals surface area contributed by atoms with Crippen molar-refractivity contribution in [1.82, 2.24) is 19.4 Å². The molecule has 4 nitrogen and oxygen atoms in total. The molecule has 0 unspecified atom stereocenters. The Bertz CT molecular complexity index is 895. The highest BCUT2D eigenvalue weighted by Crippen LogP contribution is 2.24. The Kier molecular flexibility index (Phi) is 4.94. The zero-order valence-corrected chi connectivity index (χ0v) is 15.6. The van der Waals surface area contributed by atoms with Gasteiger partial charge in [0.25, 0.3) is 0 Å². The van der Waals surface area contributed by atoms with Crippen LogP contribution in [0.5, 0.6) is 0 Å². The molecule has 2 aromatic carbocycles. The fraction of sp³-hybridized carbons (Fsp3) is 0.350. The second-order valence-corrected chi connectivity index (χ2v) is 7.29. The number of piperazine rings is 1. The van der Waals surface area contributed by atoms with Gasteiger partial charge >= 0.3 is 0 Å². The van der Waals surface area contributed by atoms with Crippen LogP contribution in [0.2, 0.25) is 5.02 Å². The number of likely N-dealkylation sites (N-methyl/N-ethyl adjacent to an activating group) is 1. The molecule has 1 aliphatic rings. The van der Waals surface area contributed by atoms with E-state index in [4.69, 9.17) is 16.6 Å². The summed E-state index contributed by atoms with van der Waals surface area (Å²) in [5.41, 5.74) is 2.46. The van der Waals surface area contributed by atoms with Gasteiger partial charge in [-0.3, -0.25) is 4.90 Å². The van der Waals surface area contributed by atoms with Crippen molar-refractivity contribution < 1.29 is 4.39 Å². The molecule has 1 aliphatic heterocycles. The summed E-state index contributed by atoms with van der Waals surface area (Å²) in [6.07, 6.45) is 0. The first-order valence-electron chi connectivity index (χ1n) is 8.90. The Labute approximate surface area is 157 Å². The van der Waals surface area contributed by atoms with Gasteiger partial charge in [0.15, 0.2) is 0 Å². The molecule has 0 N–H and O–H groups in total. The Morgan fingerprint density at radius 1 is 1.00 bits per heavy atom. The van der Waals surface area contributed by atoms with E-state index in [1.54, 1.807) is 12.1 Å². The molecule has 0 bridgehead atoms. The molecule has 2 heterocycles. The maximum absolute atomic E-state index is 14.3. The van der Waals surface area contributed by atoms with Crippen LogP contribution in [-0.4, -0.2) is 52.6 Å². The zero-order valence-electron chi connectivity index (χ0n) is 14.8. The van der Waals surface area contributed by atoms with Crippen LogP contribution in [0.1, 0.15) is 11.4 Å². The summed E-state index contributed by atoms with van der Waals surface area (Å²) < 4.78 is 16.4. The minimum atomic E-state index is -0.277. The lowest BCUT2D eigenvalue weighted by atomic mass is 10.2. The molecule has 0 aliphatic carbocycles. The third-order valence-electron chi connectivity index (χ3n) is 5.07. The number of hydrogen-bond acceptors (Lipinski definition) is 3. The van der Waals surface area contributed by atoms with Crippen LogP contribution in [0.25, 0.3) is 11.0 Å². The molecule has 1 saturated heterocycles. The predicted octanol–water partition coefficient (Wildman–Crippen LogP) is 3.62. The lowest BCUT2D eigenvalue weighted by Gasteiger charge is -2.32. The Morgan fingerprint density at radius 3 is 2.54 bits per heavy atom. The second kappa shape index (κ2) is 7.35. The van der Waals surface area contributed by atoms with E-state index in [9.17, 15) is 4.39 Å². The summed E-state index contributed by atoms with van der Waals surface area (Å²) in [5.74, 6) is 0.677. The van der Waals surface area contributed by atoms with Crippen LogP contribution in [0.15, 0.2) is 42.5 Å². The molecule has 136 valence electrons. The van der Waals surface area contributed by atoms with E-state index in [1.807, 2.05) is 24.3 Å². The van der Waals surface area contributed by atoms with Gasteiger partial charge in [-0.1, -0.05) is 29.8 Å². The number of aromatic nitrogens is 2. The van der Waals surface area contributed by atoms with Crippen molar-refractivity contribution >= 4 is 22.6 Å². The Morgan fingerprint density at radius 2 is 1.77 bits per heavy atom. The number of benzene rings is 2. The molecule has 0 spiro atoms. The molecule has 3 aromatic rings. The van der Waals surface area contributed by atoms with Gasteiger partial charge in [0, 0.05) is 36.8 Å². The molecular formula is C20H22ClFN4. The summed E-state index contributed by atoms with van der Waals surface area (Å²) in [5, 5.41) is 0.452. The highest BCUT2D eigenvalue weighted by atomic mass is 35.5. The topological polar surface area (TPSA) is 24.3 Å². The summed E-state index contributed by atoms with van der Waals surface area (Å²) in [6, 6.07) is 12.8. The fourth-order valence-corrected chi connectivity index (χ4v) is 3.69. The number of hydrogen-bond donors (Lipinski definition) is 0. The predicted molar refractivity (Wildman–Crippen MR) is 103 cm³/mol. The highest BCUT2D eigenvalue weighted by Gasteiger charge is 2.19. The lowest BCUT2D eigenvalue weighted by Crippen LogP contribution is -2.44. The van der Waals surface area contributed by atoms with Gasteiger partial charge in [-0.05, 0) is 31.3 Å². The third kappa shape index (κ3) is 3.47. The maximum atomic E-state index is 14.3. The van der Waals surface area contributed by atoms with E-state index < -0.39 is 0 Å². The Hall–Kier alpha value is -1.95. The first kappa shape index (κ1) is 17.5. The SMILES string of the molecule is CN1CCN(Cc2nc3ccccc3n2Cc2c(F)cccc2Cl)CC1. The lowest BCUT2D eigenvalue weighted by molar-refractivity contribution is 0.144. The standard InChI is InChI=1S/C20H22ClFN4/c1-24-9-11-25(12-10-24)14-20-23-18-7-2-3-8-19(18)26(20)13-15-16(21)5-4-6-17(15)22/h2-8H,9-14H2,1H3. The molecule has 6 heteroatoms. The van der Waals surface area contributed by atoms with E-state index in [1.165, 1.54) is 6.07 Å². The quantitative estimate of drug-likeness (QED) is 0.699. The molecular weight excluding hydrogens is 351 g/mol. The van der Waals surface area contributed by atoms with E-state index >= 15 is 0 Å². The fourth-order valence-electron chi connectivity index (χ4n) is 3.47. The van der Waals surface area contributed by atoms with Crippen LogP contribution >= 0.6 is 11.6 Å². The number of nitrogens with zero attached hydrogens (tertiary/aromatic N) is 4. The van der Waals surface area contributed by atoms with Crippen LogP contribution in [0.4, 0.5) is 4.39 Å². The number of halogens is 2. The van der Waals surface area contributed by atoms with Gasteiger partial charge in [0.05, 0.1) is 24.1 Å². The van der Waals surface area contributed by atoms with Gasteiger partial charge in [-0.2, -0.15) is 0 Å². The first-order chi connectivity index (χ1) is 12.6. The minimum absolute atomic E-state index is 0.277. The van der Waals surface area contributed by atoms with Crippen molar-refractivity contribution in [2.24, 2.45) is 0 Å². The van der Waals surface area contributed by atoms with Crippen LogP contribution in [-0.2, 0) is 13.1 Å². The third-order valence-corrected chi connectivity index (χ3v) is 5.43. The highest BCUT2D eigenvalue weighted by molar-refractivity contribution is 6.31. The minimum Gasteiger partial charge on any atom is -0.322 e. The summed E-state index contributed by atoms with van der Waals surface area (Å²) >= 11 is 6.27. The average molecular weight is 373 g/mol. The van der Waals surface area contributed by atoms with Crippen LogP contribution < -0.4 is 0 Å². The molecule has 4 rings (SSSR count). The molecule has 0 atom stereocenters. The molecule has 0 radical (unpaired) electrons. The number of para-hydroxylation sites is 2. The second-order valence-electron chi connectivity index (χ2n) is 6.88. The number of rotatable bonds is 4. The van der Waals surface area contributed by atoms with Gasteiger partial charge in [-0.15, -0.1) is 0 Å². The van der Waals surface area contributed by atoms with Gasteiger partial charge in [0.2, 0.25) is 0 Å². The van der Waals surface area contributed by atoms with Gasteiger partial charge in [0.1, 0.15) is 11.6 Å². The summed E-state index contributed by atoms with van der Waals surface area (Å²) in [7, 11) is 2.15. The number of imidazole rings is 1. The van der Waals surface area contributed by atoms with Crippen molar-refractivity contribution in [3.63, 3.8) is 0 Å². The van der Waals surface area contributed by atoms with Gasteiger partial charge in [-0.25, -0.2) is 9.37 Å². The smallest absolute Gasteiger partial charge is 0.129 e. The Balaban J connectivity index is 1.70. The maximum Gasteiger partial charge on any atom is 0.129 e. The first-order valence-corrected chi connectivity index (χ1v) is 9.27. The summed E-state index contributed by atoms with van der Waals surface area (Å²) in [4.78, 5) is 9.56. The van der Waals surface area contributed by atoms with Crippen molar-refractivity contribution in [1.29, 1.82) is 0 Å². The molecule has 0 amide bonds. The molecule has 26 heavy (non-hydrogen) atoms. The van der Waals surface area contributed by atoms with E-state index in [0.717, 1.165) is 49.6 Å². The molecule has 1 aromatic heterocycles. The van der Waals surface area contributed by atoms with Crippen molar-refractivity contribution in [3.8, 4) is 0 Å². The van der Waals surface area contributed by atoms with Crippen molar-refractivity contribution in [3.05, 3.63) is 64.7 Å². The number of fused-ring (bicyclic) bond motifs is 1. The van der Waals surface area contributed by atoms with E-state index in [0.29, 0.717) is 17.1 Å². The van der Waals surface area contributed by atoms with Crippen LogP contribution in [0, 0.1) is 5.82 Å². The van der Waals surface area contributed by atoms with Gasteiger partial charge < -0.3 is 9.47 Å². The van der Waals surface area contributed by atoms with Crippen molar-refractivity contribution in [2.75, 3.05) is 33.2 Å². The van der Waals surface area contributed by atoms with Crippen molar-refractivity contribution in [2.45, 2.75) is 13.1 Å². The zero-order chi connectivity index (χ0) is 18.1. The summed E-state index contributed by atoms with van der Waals surface area (Å²) in [6.45, 7) is 5.28. The monoisotopic (exact) mass is 372 g/mol. The van der Waals surface area contributed by atoms with E-state index in [2.05, 4.69) is 21.4 Å². The van der Waals surface area contributed by atoms with Crippen LogP contribution in [0.3, 0.4) is 0 Å². The normalized spacial score (nSPS) is 16.4. The van der Waals surface area contributed by atoms with E-state index in [-0.39, 0.29) is 5.82 Å². The molecule has 1 fully saturated rings. The molecule has 0 saturated carbocycles. The average Bonchev–Trinajstić information content (AvgIpc) is 2.97.